The molecule has 3 rings (SSSR count). The third-order valence-corrected chi connectivity index (χ3v) is 6.71. The molecule has 10 nitrogen and oxygen atoms in total. The molecule has 0 bridgehead atoms. The van der Waals surface area contributed by atoms with Gasteiger partial charge < -0.3 is 25.4 Å². The van der Waals surface area contributed by atoms with Gasteiger partial charge in [-0.25, -0.2) is 14.4 Å². The first-order valence-corrected chi connectivity index (χ1v) is 12.2. The second-order valence-electron chi connectivity index (χ2n) is 7.81. The van der Waals surface area contributed by atoms with Crippen LogP contribution in [0.15, 0.2) is 72.8 Å². The number of rotatable bonds is 9. The number of hydrogen-bond donors (Lipinski definition) is 4. The van der Waals surface area contributed by atoms with Crippen molar-refractivity contribution >= 4 is 39.8 Å². The second-order valence-corrected chi connectivity index (χ2v) is 9.33. The number of para-hydroxylation sites is 2. The molecular formula is C27H27BrN2O8. The van der Waals surface area contributed by atoms with E-state index in [1.165, 1.54) is 24.3 Å². The number of nitrogens with one attached hydrogen (secondary N) is 1. The fourth-order valence-corrected chi connectivity index (χ4v) is 3.15. The Morgan fingerprint density at radius 1 is 0.789 bits per heavy atom. The maximum Gasteiger partial charge on any atom is 0.335 e. The van der Waals surface area contributed by atoms with Crippen molar-refractivity contribution in [2.24, 2.45) is 5.73 Å². The molecule has 0 aromatic heterocycles. The number of hydrogen-bond acceptors (Lipinski definition) is 6. The van der Waals surface area contributed by atoms with Crippen molar-refractivity contribution in [3.8, 4) is 23.0 Å². The van der Waals surface area contributed by atoms with E-state index in [0.717, 1.165) is 0 Å². The molecule has 0 heterocycles. The van der Waals surface area contributed by atoms with E-state index >= 15 is 0 Å². The third-order valence-electron chi connectivity index (χ3n) is 5.23. The summed E-state index contributed by atoms with van der Waals surface area (Å²) in [5.74, 6) is -1.04. The zero-order valence-corrected chi connectivity index (χ0v) is 22.2. The minimum Gasteiger partial charge on any atom is -0.478 e. The quantitative estimate of drug-likeness (QED) is 0.228. The molecule has 0 saturated carbocycles. The summed E-state index contributed by atoms with van der Waals surface area (Å²) < 4.78 is 10.8. The van der Waals surface area contributed by atoms with Crippen molar-refractivity contribution in [2.75, 3.05) is 0 Å². The van der Waals surface area contributed by atoms with Crippen LogP contribution < -0.4 is 20.5 Å². The van der Waals surface area contributed by atoms with Gasteiger partial charge in [0.15, 0.2) is 11.5 Å². The molecule has 11 heteroatoms. The Labute approximate surface area is 227 Å². The number of aromatic carboxylic acids is 2. The van der Waals surface area contributed by atoms with Crippen molar-refractivity contribution in [3.63, 3.8) is 0 Å². The van der Waals surface area contributed by atoms with Crippen molar-refractivity contribution in [1.82, 2.24) is 5.32 Å². The molecule has 0 spiro atoms. The first-order valence-electron chi connectivity index (χ1n) is 11.4. The van der Waals surface area contributed by atoms with Crippen molar-refractivity contribution in [3.05, 3.63) is 83.9 Å². The highest BCUT2D eigenvalue weighted by molar-refractivity contribution is 9.10. The van der Waals surface area contributed by atoms with Gasteiger partial charge in [0.25, 0.3) is 0 Å². The monoisotopic (exact) mass is 586 g/mol. The molecule has 0 aliphatic heterocycles. The Kier molecular flexibility index (Phi) is 10.8. The number of halogens is 1. The van der Waals surface area contributed by atoms with E-state index < -0.39 is 22.3 Å². The second kappa shape index (κ2) is 13.8. The van der Waals surface area contributed by atoms with Gasteiger partial charge in [0.05, 0.1) is 11.1 Å². The summed E-state index contributed by atoms with van der Waals surface area (Å²) in [6.45, 7) is 3.72. The maximum absolute atomic E-state index is 11.3. The van der Waals surface area contributed by atoms with E-state index in [4.69, 9.17) is 25.4 Å². The van der Waals surface area contributed by atoms with Crippen LogP contribution in [0, 0.1) is 0 Å². The third kappa shape index (κ3) is 8.63. The van der Waals surface area contributed by atoms with Crippen LogP contribution in [0.2, 0.25) is 0 Å². The number of carboxylic acids is 2. The summed E-state index contributed by atoms with van der Waals surface area (Å²) in [7, 11) is 0. The van der Waals surface area contributed by atoms with Gasteiger partial charge in [-0.2, -0.15) is 0 Å². The predicted octanol–water partition coefficient (Wildman–Crippen LogP) is 5.80. The topological polar surface area (TPSA) is 165 Å². The summed E-state index contributed by atoms with van der Waals surface area (Å²) in [6, 6.07) is 18.2. The van der Waals surface area contributed by atoms with Crippen molar-refractivity contribution < 1.29 is 38.9 Å². The van der Waals surface area contributed by atoms with E-state index in [-0.39, 0.29) is 17.0 Å². The lowest BCUT2D eigenvalue weighted by molar-refractivity contribution is -0.122. The van der Waals surface area contributed by atoms with Gasteiger partial charge >= 0.3 is 18.0 Å². The van der Waals surface area contributed by atoms with Gasteiger partial charge in [0.2, 0.25) is 5.91 Å². The van der Waals surface area contributed by atoms with Gasteiger partial charge in [-0.15, -0.1) is 0 Å². The Balaban J connectivity index is 0.000000358. The number of nitrogens with two attached hydrogens (primary N) is 1. The summed E-state index contributed by atoms with van der Waals surface area (Å²) in [6.07, 6.45) is 1.23. The Morgan fingerprint density at radius 3 is 1.55 bits per heavy atom. The van der Waals surface area contributed by atoms with E-state index in [1.54, 1.807) is 48.5 Å². The zero-order chi connectivity index (χ0) is 28.3. The molecule has 5 N–H and O–H groups in total. The summed E-state index contributed by atoms with van der Waals surface area (Å²) in [4.78, 5) is 43.8. The van der Waals surface area contributed by atoms with E-state index in [0.29, 0.717) is 35.8 Å². The number of imide groups is 1. The standard InChI is InChI=1S/C20H14O6.C7H13BrN2O2/c21-19(22)13-5-3-7-15(11-13)25-17-9-1-2-10-18(17)26-16-8-4-6-14(12-16)20(23)24;1-3-7(8,4-2)5(11)10-6(9)12/h1-12H,(H,21,22)(H,23,24);3-4H2,1-2H3,(H3,9,10,11,12). The molecule has 3 aromatic rings. The van der Waals surface area contributed by atoms with Gasteiger partial charge in [-0.05, 0) is 61.4 Å². The fourth-order valence-electron chi connectivity index (χ4n) is 3.05. The molecule has 0 fully saturated rings. The average Bonchev–Trinajstić information content (AvgIpc) is 2.89. The lowest BCUT2D eigenvalue weighted by atomic mass is 10.0. The number of amides is 3. The van der Waals surface area contributed by atoms with Gasteiger partial charge in [-0.3, -0.25) is 10.1 Å². The molecule has 38 heavy (non-hydrogen) atoms. The van der Waals surface area contributed by atoms with Gasteiger partial charge in [0, 0.05) is 0 Å². The minimum atomic E-state index is -1.05. The molecule has 3 aromatic carbocycles. The van der Waals surface area contributed by atoms with Crippen molar-refractivity contribution in [1.29, 1.82) is 0 Å². The molecule has 0 aliphatic carbocycles. The number of carboxylic acid groups (broad SMARTS) is 2. The molecule has 0 aliphatic rings. The molecule has 200 valence electrons. The van der Waals surface area contributed by atoms with Crippen LogP contribution in [0.1, 0.15) is 47.4 Å². The van der Waals surface area contributed by atoms with Crippen molar-refractivity contribution in [2.45, 2.75) is 31.0 Å². The Bertz CT molecular complexity index is 1230. The highest BCUT2D eigenvalue weighted by atomic mass is 79.9. The number of urea groups is 1. The number of alkyl halides is 1. The summed E-state index contributed by atoms with van der Waals surface area (Å²) in [5, 5.41) is 20.2. The number of carbonyl (C=O) groups is 4. The molecule has 0 saturated heterocycles. The largest absolute Gasteiger partial charge is 0.478 e. The van der Waals surface area contributed by atoms with Crippen LogP contribution in [-0.4, -0.2) is 38.4 Å². The molecule has 0 radical (unpaired) electrons. The van der Waals surface area contributed by atoms with Gasteiger partial charge in [-0.1, -0.05) is 54.0 Å². The average molecular weight is 587 g/mol. The highest BCUT2D eigenvalue weighted by Crippen LogP contribution is 2.35. The van der Waals surface area contributed by atoms with E-state index in [1.807, 2.05) is 19.2 Å². The summed E-state index contributed by atoms with van der Waals surface area (Å²) in [5.41, 5.74) is 5.02. The lowest BCUT2D eigenvalue weighted by Gasteiger charge is -2.21. The van der Waals surface area contributed by atoms with E-state index in [2.05, 4.69) is 15.9 Å². The normalized spacial score (nSPS) is 10.4. The fraction of sp³-hybridized carbons (Fsp3) is 0.185. The Morgan fingerprint density at radius 2 is 1.21 bits per heavy atom. The molecule has 0 unspecified atom stereocenters. The zero-order valence-electron chi connectivity index (χ0n) is 20.6. The molecule has 0 atom stereocenters. The highest BCUT2D eigenvalue weighted by Gasteiger charge is 2.32. The smallest absolute Gasteiger partial charge is 0.335 e. The Hall–Kier alpha value is -4.38. The van der Waals surface area contributed by atoms with Crippen LogP contribution >= 0.6 is 15.9 Å². The number of primary amides is 1. The number of carbonyl (C=O) groups excluding carboxylic acids is 2. The summed E-state index contributed by atoms with van der Waals surface area (Å²) >= 11 is 3.26. The minimum absolute atomic E-state index is 0.107. The molecule has 3 amide bonds. The van der Waals surface area contributed by atoms with Crippen LogP contribution in [0.5, 0.6) is 23.0 Å². The van der Waals surface area contributed by atoms with Gasteiger partial charge in [0.1, 0.15) is 15.8 Å². The molecular weight excluding hydrogens is 560 g/mol. The number of benzene rings is 3. The van der Waals surface area contributed by atoms with E-state index in [9.17, 15) is 19.2 Å². The SMILES string of the molecule is CCC(Br)(CC)C(=O)NC(N)=O.O=C(O)c1cccc(Oc2ccccc2Oc2cccc(C(=O)O)c2)c1. The first-order chi connectivity index (χ1) is 18.0. The maximum atomic E-state index is 11.3. The predicted molar refractivity (Wildman–Crippen MR) is 143 cm³/mol. The van der Waals surface area contributed by atoms with Crippen LogP contribution in [0.4, 0.5) is 4.79 Å². The number of ether oxygens (including phenoxy) is 2. The lowest BCUT2D eigenvalue weighted by Crippen LogP contribution is -2.46. The van der Waals surface area contributed by atoms with Crippen LogP contribution in [0.25, 0.3) is 0 Å². The first kappa shape index (κ1) is 29.8. The van der Waals surface area contributed by atoms with Crippen LogP contribution in [0.3, 0.4) is 0 Å². The van der Waals surface area contributed by atoms with Crippen LogP contribution in [-0.2, 0) is 4.79 Å².